The first-order valence-electron chi connectivity index (χ1n) is 6.74. The molecule has 1 aromatic rings. The molecule has 2 aliphatic rings. The van der Waals surface area contributed by atoms with Crippen molar-refractivity contribution >= 4 is 17.3 Å². The quantitative estimate of drug-likeness (QED) is 0.903. The van der Waals surface area contributed by atoms with Gasteiger partial charge in [0.2, 0.25) is 0 Å². The molecule has 104 valence electrons. The molecular formula is C14H19ClN2O2. The highest BCUT2D eigenvalue weighted by Crippen LogP contribution is 2.34. The van der Waals surface area contributed by atoms with Gasteiger partial charge in [-0.1, -0.05) is 11.6 Å². The van der Waals surface area contributed by atoms with Crippen LogP contribution in [0.1, 0.15) is 18.4 Å². The standard InChI is InChI=1S/C14H19ClN2O2/c15-12-2-3-13(11(8-12)9-16)17-5-1-4-14(10-17)18-6-7-19-14/h2-3,8H,1,4-7,9-10,16H2. The number of piperidine rings is 1. The first-order chi connectivity index (χ1) is 9.22. The van der Waals surface area contributed by atoms with Crippen LogP contribution in [-0.4, -0.2) is 32.1 Å². The highest BCUT2D eigenvalue weighted by Gasteiger charge is 2.41. The van der Waals surface area contributed by atoms with E-state index in [4.69, 9.17) is 26.8 Å². The largest absolute Gasteiger partial charge is 0.366 e. The van der Waals surface area contributed by atoms with Crippen molar-refractivity contribution in [1.82, 2.24) is 0 Å². The van der Waals surface area contributed by atoms with Gasteiger partial charge in [-0.2, -0.15) is 0 Å². The summed E-state index contributed by atoms with van der Waals surface area (Å²) in [6.07, 6.45) is 2.03. The number of nitrogens with two attached hydrogens (primary N) is 1. The van der Waals surface area contributed by atoms with Gasteiger partial charge in [-0.3, -0.25) is 0 Å². The van der Waals surface area contributed by atoms with Crippen LogP contribution in [0.2, 0.25) is 5.02 Å². The Morgan fingerprint density at radius 2 is 2.11 bits per heavy atom. The second kappa shape index (κ2) is 5.29. The van der Waals surface area contributed by atoms with Crippen LogP contribution in [0.5, 0.6) is 0 Å². The van der Waals surface area contributed by atoms with Crippen molar-refractivity contribution in [1.29, 1.82) is 0 Å². The van der Waals surface area contributed by atoms with Gasteiger partial charge < -0.3 is 20.1 Å². The molecule has 19 heavy (non-hydrogen) atoms. The third-order valence-electron chi connectivity index (χ3n) is 3.83. The number of rotatable bonds is 2. The number of anilines is 1. The Morgan fingerprint density at radius 3 is 2.84 bits per heavy atom. The summed E-state index contributed by atoms with van der Waals surface area (Å²) in [5.41, 5.74) is 8.04. The molecule has 2 saturated heterocycles. The van der Waals surface area contributed by atoms with Gasteiger partial charge in [0.1, 0.15) is 0 Å². The molecule has 0 atom stereocenters. The van der Waals surface area contributed by atoms with Crippen LogP contribution < -0.4 is 10.6 Å². The van der Waals surface area contributed by atoms with E-state index in [-0.39, 0.29) is 0 Å². The second-order valence-corrected chi connectivity index (χ2v) is 5.55. The molecule has 2 heterocycles. The fourth-order valence-corrected chi connectivity index (χ4v) is 3.15. The molecule has 0 unspecified atom stereocenters. The number of hydrogen-bond donors (Lipinski definition) is 1. The minimum Gasteiger partial charge on any atom is -0.366 e. The van der Waals surface area contributed by atoms with Crippen molar-refractivity contribution in [3.63, 3.8) is 0 Å². The summed E-state index contributed by atoms with van der Waals surface area (Å²) in [4.78, 5) is 2.30. The molecule has 2 fully saturated rings. The third-order valence-corrected chi connectivity index (χ3v) is 4.07. The minimum atomic E-state index is -0.413. The van der Waals surface area contributed by atoms with Gasteiger partial charge in [-0.25, -0.2) is 0 Å². The fourth-order valence-electron chi connectivity index (χ4n) is 2.95. The van der Waals surface area contributed by atoms with E-state index in [0.29, 0.717) is 19.8 Å². The lowest BCUT2D eigenvalue weighted by molar-refractivity contribution is -0.161. The summed E-state index contributed by atoms with van der Waals surface area (Å²) in [5.74, 6) is -0.413. The molecule has 2 aliphatic heterocycles. The van der Waals surface area contributed by atoms with Gasteiger partial charge in [0.05, 0.1) is 19.8 Å². The summed E-state index contributed by atoms with van der Waals surface area (Å²) >= 11 is 6.03. The van der Waals surface area contributed by atoms with E-state index in [2.05, 4.69) is 4.90 Å². The van der Waals surface area contributed by atoms with Crippen LogP contribution >= 0.6 is 11.6 Å². The fraction of sp³-hybridized carbons (Fsp3) is 0.571. The smallest absolute Gasteiger partial charge is 0.186 e. The van der Waals surface area contributed by atoms with Crippen LogP contribution in [0, 0.1) is 0 Å². The Morgan fingerprint density at radius 1 is 1.32 bits per heavy atom. The summed E-state index contributed by atoms with van der Waals surface area (Å²) < 4.78 is 11.6. The molecular weight excluding hydrogens is 264 g/mol. The average molecular weight is 283 g/mol. The molecule has 1 spiro atoms. The van der Waals surface area contributed by atoms with Crippen LogP contribution in [0.3, 0.4) is 0 Å². The summed E-state index contributed by atoms with van der Waals surface area (Å²) in [7, 11) is 0. The van der Waals surface area contributed by atoms with Crippen molar-refractivity contribution in [2.24, 2.45) is 5.73 Å². The van der Waals surface area contributed by atoms with Gasteiger partial charge in [0.15, 0.2) is 5.79 Å². The van der Waals surface area contributed by atoms with E-state index in [1.165, 1.54) is 0 Å². The molecule has 3 rings (SSSR count). The zero-order valence-corrected chi connectivity index (χ0v) is 11.7. The lowest BCUT2D eigenvalue weighted by Crippen LogP contribution is -2.49. The predicted molar refractivity (Wildman–Crippen MR) is 75.4 cm³/mol. The summed E-state index contributed by atoms with van der Waals surface area (Å²) in [6.45, 7) is 3.64. The van der Waals surface area contributed by atoms with Gasteiger partial charge in [0.25, 0.3) is 0 Å². The Labute approximate surface area is 118 Å². The number of nitrogens with zero attached hydrogens (tertiary/aromatic N) is 1. The monoisotopic (exact) mass is 282 g/mol. The maximum atomic E-state index is 6.03. The third kappa shape index (κ3) is 2.58. The van der Waals surface area contributed by atoms with Crippen LogP contribution in [0.25, 0.3) is 0 Å². The molecule has 5 heteroatoms. The zero-order valence-electron chi connectivity index (χ0n) is 10.9. The maximum absolute atomic E-state index is 6.03. The number of hydrogen-bond acceptors (Lipinski definition) is 4. The number of halogens is 1. The first kappa shape index (κ1) is 13.2. The van der Waals surface area contributed by atoms with Crippen molar-refractivity contribution in [2.75, 3.05) is 31.2 Å². The van der Waals surface area contributed by atoms with E-state index < -0.39 is 5.79 Å². The molecule has 0 saturated carbocycles. The van der Waals surface area contributed by atoms with E-state index in [0.717, 1.165) is 42.2 Å². The van der Waals surface area contributed by atoms with Crippen molar-refractivity contribution in [3.8, 4) is 0 Å². The highest BCUT2D eigenvalue weighted by molar-refractivity contribution is 6.30. The van der Waals surface area contributed by atoms with E-state index in [1.807, 2.05) is 18.2 Å². The summed E-state index contributed by atoms with van der Waals surface area (Å²) in [6, 6.07) is 5.89. The molecule has 2 N–H and O–H groups in total. The molecule has 0 bridgehead atoms. The number of benzene rings is 1. The van der Waals surface area contributed by atoms with Crippen molar-refractivity contribution in [3.05, 3.63) is 28.8 Å². The topological polar surface area (TPSA) is 47.7 Å². The van der Waals surface area contributed by atoms with Crippen LogP contribution in [0.15, 0.2) is 18.2 Å². The molecule has 0 aromatic heterocycles. The van der Waals surface area contributed by atoms with E-state index in [9.17, 15) is 0 Å². The maximum Gasteiger partial charge on any atom is 0.186 e. The lowest BCUT2D eigenvalue weighted by Gasteiger charge is -2.40. The van der Waals surface area contributed by atoms with Gasteiger partial charge in [-0.15, -0.1) is 0 Å². The van der Waals surface area contributed by atoms with Crippen molar-refractivity contribution < 1.29 is 9.47 Å². The van der Waals surface area contributed by atoms with Gasteiger partial charge in [-0.05, 0) is 30.2 Å². The Balaban J connectivity index is 1.85. The normalized spacial score (nSPS) is 22.1. The molecule has 0 amide bonds. The SMILES string of the molecule is NCc1cc(Cl)ccc1N1CCCC2(C1)OCCO2. The Kier molecular flexibility index (Phi) is 3.67. The zero-order chi connectivity index (χ0) is 13.3. The molecule has 1 aromatic carbocycles. The summed E-state index contributed by atoms with van der Waals surface area (Å²) in [5, 5.41) is 0.726. The van der Waals surface area contributed by atoms with E-state index in [1.54, 1.807) is 0 Å². The van der Waals surface area contributed by atoms with Crippen LogP contribution in [0.4, 0.5) is 5.69 Å². The molecule has 4 nitrogen and oxygen atoms in total. The van der Waals surface area contributed by atoms with Gasteiger partial charge >= 0.3 is 0 Å². The lowest BCUT2D eigenvalue weighted by atomic mass is 10.0. The minimum absolute atomic E-state index is 0.413. The first-order valence-corrected chi connectivity index (χ1v) is 7.12. The molecule has 0 aliphatic carbocycles. The van der Waals surface area contributed by atoms with Crippen molar-refractivity contribution in [2.45, 2.75) is 25.2 Å². The Hall–Kier alpha value is -0.810. The Bertz CT molecular complexity index is 461. The average Bonchev–Trinajstić information content (AvgIpc) is 2.86. The van der Waals surface area contributed by atoms with Crippen LogP contribution in [-0.2, 0) is 16.0 Å². The highest BCUT2D eigenvalue weighted by atomic mass is 35.5. The van der Waals surface area contributed by atoms with E-state index >= 15 is 0 Å². The second-order valence-electron chi connectivity index (χ2n) is 5.11. The van der Waals surface area contributed by atoms with Gasteiger partial charge in [0, 0.05) is 30.2 Å². The molecule has 0 radical (unpaired) electrons. The predicted octanol–water partition coefficient (Wildman–Crippen LogP) is 2.14. The number of ether oxygens (including phenoxy) is 2.